The van der Waals surface area contributed by atoms with Gasteiger partial charge in [0.2, 0.25) is 10.0 Å². The maximum absolute atomic E-state index is 12.5. The Morgan fingerprint density at radius 3 is 2.15 bits per heavy atom. The first-order valence-electron chi connectivity index (χ1n) is 6.57. The Morgan fingerprint density at radius 1 is 1.15 bits per heavy atom. The lowest BCUT2D eigenvalue weighted by atomic mass is 10.2. The average Bonchev–Trinajstić information content (AvgIpc) is 2.45. The molecule has 4 nitrogen and oxygen atoms in total. The first-order valence-corrected chi connectivity index (χ1v) is 8.01. The summed E-state index contributed by atoms with van der Waals surface area (Å²) in [6, 6.07) is 6.94. The van der Waals surface area contributed by atoms with Crippen LogP contribution in [0.4, 0.5) is 0 Å². The summed E-state index contributed by atoms with van der Waals surface area (Å²) in [5, 5.41) is 3.20. The van der Waals surface area contributed by atoms with Gasteiger partial charge in [0.1, 0.15) is 0 Å². The topological polar surface area (TPSA) is 49.4 Å². The summed E-state index contributed by atoms with van der Waals surface area (Å²) in [5.74, 6) is 0. The quantitative estimate of drug-likeness (QED) is 0.710. The van der Waals surface area contributed by atoms with E-state index in [0.717, 1.165) is 18.7 Å². The van der Waals surface area contributed by atoms with Gasteiger partial charge in [-0.15, -0.1) is 13.2 Å². The number of nitrogens with zero attached hydrogens (tertiary/aromatic N) is 1. The van der Waals surface area contributed by atoms with Crippen molar-refractivity contribution in [2.75, 3.05) is 19.6 Å². The van der Waals surface area contributed by atoms with E-state index in [4.69, 9.17) is 0 Å². The van der Waals surface area contributed by atoms with Crippen LogP contribution in [0.3, 0.4) is 0 Å². The van der Waals surface area contributed by atoms with Crippen LogP contribution in [0.5, 0.6) is 0 Å². The van der Waals surface area contributed by atoms with Crippen molar-refractivity contribution in [3.63, 3.8) is 0 Å². The fourth-order valence-corrected chi connectivity index (χ4v) is 3.14. The van der Waals surface area contributed by atoms with Gasteiger partial charge in [-0.1, -0.05) is 31.2 Å². The Hall–Kier alpha value is -1.43. The minimum atomic E-state index is -3.49. The Morgan fingerprint density at radius 2 is 1.70 bits per heavy atom. The predicted molar refractivity (Wildman–Crippen MR) is 83.0 cm³/mol. The van der Waals surface area contributed by atoms with Gasteiger partial charge in [0.15, 0.2) is 0 Å². The van der Waals surface area contributed by atoms with Crippen LogP contribution in [0.2, 0.25) is 0 Å². The largest absolute Gasteiger partial charge is 0.313 e. The van der Waals surface area contributed by atoms with E-state index in [2.05, 4.69) is 18.5 Å². The first kappa shape index (κ1) is 16.6. The predicted octanol–water partition coefficient (Wildman–Crippen LogP) is 2.16. The summed E-state index contributed by atoms with van der Waals surface area (Å²) in [4.78, 5) is 0.293. The van der Waals surface area contributed by atoms with E-state index >= 15 is 0 Å². The number of sulfonamides is 1. The van der Waals surface area contributed by atoms with Crippen molar-refractivity contribution in [3.8, 4) is 0 Å². The van der Waals surface area contributed by atoms with Crippen molar-refractivity contribution in [2.45, 2.75) is 18.4 Å². The van der Waals surface area contributed by atoms with E-state index in [9.17, 15) is 8.42 Å². The van der Waals surface area contributed by atoms with Crippen molar-refractivity contribution >= 4 is 10.0 Å². The molecule has 0 atom stereocenters. The number of rotatable bonds is 9. The van der Waals surface area contributed by atoms with Crippen LogP contribution in [0.1, 0.15) is 12.5 Å². The molecule has 1 rings (SSSR count). The third kappa shape index (κ3) is 4.30. The lowest BCUT2D eigenvalue weighted by molar-refractivity contribution is 0.474. The van der Waals surface area contributed by atoms with Gasteiger partial charge in [0.25, 0.3) is 0 Å². The Kier molecular flexibility index (Phi) is 6.64. The zero-order valence-electron chi connectivity index (χ0n) is 11.9. The fraction of sp³-hybridized carbons (Fsp3) is 0.333. The van der Waals surface area contributed by atoms with E-state index in [1.807, 2.05) is 19.1 Å². The second kappa shape index (κ2) is 7.99. The van der Waals surface area contributed by atoms with Gasteiger partial charge >= 0.3 is 0 Å². The van der Waals surface area contributed by atoms with Crippen LogP contribution in [-0.2, 0) is 16.6 Å². The summed E-state index contributed by atoms with van der Waals surface area (Å²) < 4.78 is 26.2. The fourth-order valence-electron chi connectivity index (χ4n) is 1.76. The zero-order chi connectivity index (χ0) is 15.0. The van der Waals surface area contributed by atoms with Crippen LogP contribution in [-0.4, -0.2) is 32.4 Å². The Bertz CT molecular complexity index is 525. The minimum absolute atomic E-state index is 0.271. The maximum Gasteiger partial charge on any atom is 0.243 e. The summed E-state index contributed by atoms with van der Waals surface area (Å²) in [6.45, 7) is 11.4. The van der Waals surface area contributed by atoms with Gasteiger partial charge < -0.3 is 5.32 Å². The van der Waals surface area contributed by atoms with E-state index in [-0.39, 0.29) is 13.1 Å². The number of benzene rings is 1. The summed E-state index contributed by atoms with van der Waals surface area (Å²) in [5.41, 5.74) is 1.06. The van der Waals surface area contributed by atoms with Crippen molar-refractivity contribution < 1.29 is 8.42 Å². The molecule has 0 saturated carbocycles. The highest BCUT2D eigenvalue weighted by molar-refractivity contribution is 7.89. The number of hydrogen-bond acceptors (Lipinski definition) is 3. The van der Waals surface area contributed by atoms with Crippen LogP contribution in [0, 0.1) is 0 Å². The summed E-state index contributed by atoms with van der Waals surface area (Å²) in [6.07, 6.45) is 3.14. The molecule has 0 radical (unpaired) electrons. The van der Waals surface area contributed by atoms with Crippen molar-refractivity contribution in [1.82, 2.24) is 9.62 Å². The van der Waals surface area contributed by atoms with E-state index < -0.39 is 10.0 Å². The second-order valence-electron chi connectivity index (χ2n) is 4.32. The van der Waals surface area contributed by atoms with Crippen LogP contribution < -0.4 is 5.32 Å². The Labute approximate surface area is 121 Å². The molecule has 0 aromatic heterocycles. The molecule has 0 unspecified atom stereocenters. The molecule has 0 heterocycles. The lowest BCUT2D eigenvalue weighted by Crippen LogP contribution is -2.31. The van der Waals surface area contributed by atoms with Crippen LogP contribution in [0.15, 0.2) is 54.5 Å². The number of hydrogen-bond donors (Lipinski definition) is 1. The molecule has 1 N–H and O–H groups in total. The molecule has 0 spiro atoms. The molecule has 0 aliphatic carbocycles. The van der Waals surface area contributed by atoms with Gasteiger partial charge in [-0.05, 0) is 24.2 Å². The number of nitrogens with one attached hydrogen (secondary N) is 1. The monoisotopic (exact) mass is 294 g/mol. The third-order valence-electron chi connectivity index (χ3n) is 2.81. The molecule has 0 aliphatic rings. The van der Waals surface area contributed by atoms with E-state index in [1.54, 1.807) is 24.3 Å². The maximum atomic E-state index is 12.5. The second-order valence-corrected chi connectivity index (χ2v) is 6.26. The van der Waals surface area contributed by atoms with Gasteiger partial charge in [-0.25, -0.2) is 8.42 Å². The summed E-state index contributed by atoms with van der Waals surface area (Å²) in [7, 11) is -3.49. The minimum Gasteiger partial charge on any atom is -0.313 e. The van der Waals surface area contributed by atoms with Gasteiger partial charge in [0, 0.05) is 19.6 Å². The first-order chi connectivity index (χ1) is 9.56. The standard InChI is InChI=1S/C15H22N2O2S/c1-4-11-17(12-5-2)20(18,19)15-9-7-14(8-10-15)13-16-6-3/h4-5,7-10,16H,1-2,6,11-13H2,3H3. The van der Waals surface area contributed by atoms with Gasteiger partial charge in [-0.3, -0.25) is 0 Å². The van der Waals surface area contributed by atoms with Crippen molar-refractivity contribution in [1.29, 1.82) is 0 Å². The SMILES string of the molecule is C=CCN(CC=C)S(=O)(=O)c1ccc(CNCC)cc1. The highest BCUT2D eigenvalue weighted by Gasteiger charge is 2.21. The highest BCUT2D eigenvalue weighted by atomic mass is 32.2. The van der Waals surface area contributed by atoms with E-state index in [1.165, 1.54) is 4.31 Å². The van der Waals surface area contributed by atoms with Gasteiger partial charge in [-0.2, -0.15) is 4.31 Å². The molecule has 0 amide bonds. The molecule has 0 bridgehead atoms. The Balaban J connectivity index is 2.95. The molecular weight excluding hydrogens is 272 g/mol. The molecule has 0 fully saturated rings. The third-order valence-corrected chi connectivity index (χ3v) is 4.65. The molecule has 0 saturated heterocycles. The average molecular weight is 294 g/mol. The molecule has 1 aromatic carbocycles. The van der Waals surface area contributed by atoms with Crippen LogP contribution in [0.25, 0.3) is 0 Å². The summed E-state index contributed by atoms with van der Waals surface area (Å²) >= 11 is 0. The molecule has 0 aliphatic heterocycles. The van der Waals surface area contributed by atoms with Crippen LogP contribution >= 0.6 is 0 Å². The van der Waals surface area contributed by atoms with Crippen molar-refractivity contribution in [3.05, 3.63) is 55.1 Å². The normalized spacial score (nSPS) is 11.5. The van der Waals surface area contributed by atoms with Crippen molar-refractivity contribution in [2.24, 2.45) is 0 Å². The molecule has 110 valence electrons. The lowest BCUT2D eigenvalue weighted by Gasteiger charge is -2.19. The zero-order valence-corrected chi connectivity index (χ0v) is 12.7. The molecule has 1 aromatic rings. The molecule has 20 heavy (non-hydrogen) atoms. The smallest absolute Gasteiger partial charge is 0.243 e. The van der Waals surface area contributed by atoms with E-state index in [0.29, 0.717) is 4.90 Å². The molecule has 5 heteroatoms. The highest BCUT2D eigenvalue weighted by Crippen LogP contribution is 2.16. The molecular formula is C15H22N2O2S. The van der Waals surface area contributed by atoms with Gasteiger partial charge in [0.05, 0.1) is 4.90 Å².